The number of nitrogens with zero attached hydrogens (tertiary/aromatic N) is 4. The van der Waals surface area contributed by atoms with Crippen molar-refractivity contribution in [1.29, 1.82) is 0 Å². The standard InChI is InChI=1S/C10H10FN5S/c11-7-2-1-3-8(9(7)12)17-10-13-14-15-16(10)6-4-5-6/h1-3,6H,4-5,12H2. The minimum atomic E-state index is -0.416. The normalized spacial score (nSPS) is 15.1. The molecule has 0 amide bonds. The van der Waals surface area contributed by atoms with Crippen LogP contribution in [0, 0.1) is 5.82 Å². The van der Waals surface area contributed by atoms with Crippen LogP contribution in [-0.4, -0.2) is 20.2 Å². The fraction of sp³-hybridized carbons (Fsp3) is 0.300. The number of tetrazole rings is 1. The SMILES string of the molecule is Nc1c(F)cccc1Sc1nnnn1C1CC1. The Labute approximate surface area is 101 Å². The zero-order valence-corrected chi connectivity index (χ0v) is 9.69. The molecule has 1 heterocycles. The number of aromatic nitrogens is 4. The monoisotopic (exact) mass is 251 g/mol. The number of nitrogen functional groups attached to an aromatic ring is 1. The van der Waals surface area contributed by atoms with E-state index >= 15 is 0 Å². The van der Waals surface area contributed by atoms with E-state index in [4.69, 9.17) is 5.73 Å². The Morgan fingerprint density at radius 2 is 2.24 bits per heavy atom. The van der Waals surface area contributed by atoms with Gasteiger partial charge in [-0.05, 0) is 47.2 Å². The van der Waals surface area contributed by atoms with Gasteiger partial charge < -0.3 is 5.73 Å². The van der Waals surface area contributed by atoms with Gasteiger partial charge >= 0.3 is 0 Å². The summed E-state index contributed by atoms with van der Waals surface area (Å²) in [5, 5.41) is 12.2. The number of anilines is 1. The predicted molar refractivity (Wildman–Crippen MR) is 61.0 cm³/mol. The molecule has 1 fully saturated rings. The van der Waals surface area contributed by atoms with E-state index in [0.29, 0.717) is 16.1 Å². The van der Waals surface area contributed by atoms with Crippen molar-refractivity contribution in [2.45, 2.75) is 28.9 Å². The second-order valence-electron chi connectivity index (χ2n) is 3.89. The van der Waals surface area contributed by atoms with Gasteiger partial charge in [-0.2, -0.15) is 0 Å². The van der Waals surface area contributed by atoms with Gasteiger partial charge in [-0.1, -0.05) is 6.07 Å². The molecule has 1 aliphatic carbocycles. The lowest BCUT2D eigenvalue weighted by Gasteiger charge is -2.05. The van der Waals surface area contributed by atoms with E-state index in [1.54, 1.807) is 16.8 Å². The molecule has 88 valence electrons. The van der Waals surface area contributed by atoms with Gasteiger partial charge in [-0.3, -0.25) is 0 Å². The zero-order chi connectivity index (χ0) is 11.8. The summed E-state index contributed by atoms with van der Waals surface area (Å²) >= 11 is 1.29. The lowest BCUT2D eigenvalue weighted by Crippen LogP contribution is -1.99. The van der Waals surface area contributed by atoms with Crippen LogP contribution in [0.15, 0.2) is 28.3 Å². The Hall–Kier alpha value is -1.63. The fourth-order valence-electron chi connectivity index (χ4n) is 1.51. The Morgan fingerprint density at radius 1 is 1.41 bits per heavy atom. The third-order valence-electron chi connectivity index (χ3n) is 2.57. The van der Waals surface area contributed by atoms with E-state index < -0.39 is 5.82 Å². The quantitative estimate of drug-likeness (QED) is 0.843. The summed E-state index contributed by atoms with van der Waals surface area (Å²) in [5.74, 6) is -0.416. The Balaban J connectivity index is 1.91. The highest BCUT2D eigenvalue weighted by molar-refractivity contribution is 7.99. The molecule has 2 N–H and O–H groups in total. The van der Waals surface area contributed by atoms with Gasteiger partial charge in [-0.15, -0.1) is 5.10 Å². The number of hydrogen-bond acceptors (Lipinski definition) is 5. The molecule has 0 spiro atoms. The molecule has 0 radical (unpaired) electrons. The molecule has 0 bridgehead atoms. The highest BCUT2D eigenvalue weighted by Gasteiger charge is 2.28. The molecule has 1 saturated carbocycles. The van der Waals surface area contributed by atoms with Gasteiger partial charge in [0.1, 0.15) is 5.82 Å². The smallest absolute Gasteiger partial charge is 0.214 e. The first kappa shape index (κ1) is 10.5. The number of rotatable bonds is 3. The van der Waals surface area contributed by atoms with Crippen LogP contribution in [0.1, 0.15) is 18.9 Å². The van der Waals surface area contributed by atoms with Crippen LogP contribution >= 0.6 is 11.8 Å². The number of nitrogens with two attached hydrogens (primary N) is 1. The van der Waals surface area contributed by atoms with E-state index in [2.05, 4.69) is 15.5 Å². The van der Waals surface area contributed by atoms with E-state index in [-0.39, 0.29) is 5.69 Å². The molecule has 0 aliphatic heterocycles. The van der Waals surface area contributed by atoms with Crippen LogP contribution in [0.5, 0.6) is 0 Å². The first-order valence-corrected chi connectivity index (χ1v) is 6.07. The van der Waals surface area contributed by atoms with E-state index in [9.17, 15) is 4.39 Å². The number of benzene rings is 1. The average Bonchev–Trinajstić information content (AvgIpc) is 3.06. The largest absolute Gasteiger partial charge is 0.395 e. The maximum absolute atomic E-state index is 13.3. The number of hydrogen-bond donors (Lipinski definition) is 1. The highest BCUT2D eigenvalue weighted by atomic mass is 32.2. The second-order valence-corrected chi connectivity index (χ2v) is 4.90. The number of para-hydroxylation sites is 1. The first-order valence-electron chi connectivity index (χ1n) is 5.25. The van der Waals surface area contributed by atoms with Crippen molar-refractivity contribution in [3.63, 3.8) is 0 Å². The van der Waals surface area contributed by atoms with Crippen molar-refractivity contribution in [3.8, 4) is 0 Å². The van der Waals surface area contributed by atoms with Crippen molar-refractivity contribution in [2.24, 2.45) is 0 Å². The summed E-state index contributed by atoms with van der Waals surface area (Å²) in [6.45, 7) is 0. The Morgan fingerprint density at radius 3 is 3.00 bits per heavy atom. The molecule has 1 aromatic carbocycles. The maximum Gasteiger partial charge on any atom is 0.214 e. The zero-order valence-electron chi connectivity index (χ0n) is 8.88. The molecular formula is C10H10FN5S. The molecule has 7 heteroatoms. The molecule has 17 heavy (non-hydrogen) atoms. The second kappa shape index (κ2) is 3.99. The maximum atomic E-state index is 13.3. The van der Waals surface area contributed by atoms with Crippen LogP contribution in [0.3, 0.4) is 0 Å². The van der Waals surface area contributed by atoms with Gasteiger partial charge in [-0.25, -0.2) is 9.07 Å². The summed E-state index contributed by atoms with van der Waals surface area (Å²) in [6.07, 6.45) is 2.19. The lowest BCUT2D eigenvalue weighted by atomic mass is 10.3. The first-order chi connectivity index (χ1) is 8.25. The number of halogens is 1. The molecule has 5 nitrogen and oxygen atoms in total. The van der Waals surface area contributed by atoms with Crippen LogP contribution < -0.4 is 5.73 Å². The lowest BCUT2D eigenvalue weighted by molar-refractivity contribution is 0.565. The summed E-state index contributed by atoms with van der Waals surface area (Å²) in [4.78, 5) is 0.640. The Bertz CT molecular complexity index is 551. The van der Waals surface area contributed by atoms with Crippen molar-refractivity contribution in [3.05, 3.63) is 24.0 Å². The Kier molecular flexibility index (Phi) is 2.47. The van der Waals surface area contributed by atoms with Crippen LogP contribution in [0.4, 0.5) is 10.1 Å². The van der Waals surface area contributed by atoms with E-state index in [0.717, 1.165) is 12.8 Å². The van der Waals surface area contributed by atoms with Gasteiger partial charge in [0.2, 0.25) is 5.16 Å². The van der Waals surface area contributed by atoms with Gasteiger partial charge in [0.05, 0.1) is 11.7 Å². The summed E-state index contributed by atoms with van der Waals surface area (Å²) < 4.78 is 15.1. The molecule has 2 aromatic rings. The molecule has 0 unspecified atom stereocenters. The van der Waals surface area contributed by atoms with Crippen LogP contribution in [0.25, 0.3) is 0 Å². The average molecular weight is 251 g/mol. The minimum absolute atomic E-state index is 0.142. The summed E-state index contributed by atoms with van der Waals surface area (Å²) in [7, 11) is 0. The third-order valence-corrected chi connectivity index (χ3v) is 3.60. The van der Waals surface area contributed by atoms with Crippen LogP contribution in [-0.2, 0) is 0 Å². The van der Waals surface area contributed by atoms with Crippen molar-refractivity contribution >= 4 is 17.4 Å². The third kappa shape index (κ3) is 1.97. The topological polar surface area (TPSA) is 69.6 Å². The molecule has 0 saturated heterocycles. The molecule has 1 aliphatic rings. The van der Waals surface area contributed by atoms with Crippen LogP contribution in [0.2, 0.25) is 0 Å². The highest BCUT2D eigenvalue weighted by Crippen LogP contribution is 2.39. The molecule has 3 rings (SSSR count). The van der Waals surface area contributed by atoms with Crippen molar-refractivity contribution in [2.75, 3.05) is 5.73 Å². The molecule has 1 aromatic heterocycles. The summed E-state index contributed by atoms with van der Waals surface area (Å²) in [5.41, 5.74) is 5.81. The van der Waals surface area contributed by atoms with E-state index in [1.165, 1.54) is 17.8 Å². The molecule has 0 atom stereocenters. The fourth-order valence-corrected chi connectivity index (χ4v) is 2.41. The summed E-state index contributed by atoms with van der Waals surface area (Å²) in [6, 6.07) is 5.11. The van der Waals surface area contributed by atoms with Gasteiger partial charge in [0.25, 0.3) is 0 Å². The van der Waals surface area contributed by atoms with Gasteiger partial charge in [0.15, 0.2) is 0 Å². The van der Waals surface area contributed by atoms with Crippen molar-refractivity contribution < 1.29 is 4.39 Å². The van der Waals surface area contributed by atoms with E-state index in [1.807, 2.05) is 0 Å². The predicted octanol–water partition coefficient (Wildman–Crippen LogP) is 1.88. The molecular weight excluding hydrogens is 241 g/mol. The minimum Gasteiger partial charge on any atom is -0.395 e. The van der Waals surface area contributed by atoms with Gasteiger partial charge in [0, 0.05) is 4.90 Å². The van der Waals surface area contributed by atoms with Crippen molar-refractivity contribution in [1.82, 2.24) is 20.2 Å².